The number of nitrogens with zero attached hydrogens (tertiary/aromatic N) is 1. The summed E-state index contributed by atoms with van der Waals surface area (Å²) in [4.78, 5) is 0. The van der Waals surface area contributed by atoms with Gasteiger partial charge in [-0.05, 0) is 22.9 Å². The topological polar surface area (TPSA) is 3.88 Å². The molecule has 0 spiro atoms. The van der Waals surface area contributed by atoms with Gasteiger partial charge in [-0.1, -0.05) is 46.8 Å². The van der Waals surface area contributed by atoms with Crippen molar-refractivity contribution in [3.63, 3.8) is 0 Å². The molecule has 1 nitrogen and oxygen atoms in total. The highest BCUT2D eigenvalue weighted by molar-refractivity contribution is 5.85. The second kappa shape index (κ2) is 4.38. The van der Waals surface area contributed by atoms with Crippen molar-refractivity contribution in [1.82, 2.24) is 0 Å². The van der Waals surface area contributed by atoms with Gasteiger partial charge in [0.2, 0.25) is 0 Å². The normalized spacial score (nSPS) is 12.4. The van der Waals surface area contributed by atoms with Crippen LogP contribution in [-0.4, -0.2) is 0 Å². The molecule has 0 aliphatic heterocycles. The summed E-state index contributed by atoms with van der Waals surface area (Å²) in [6.07, 6.45) is 2.17. The largest absolute Gasteiger partial charge is 0.204 e. The van der Waals surface area contributed by atoms with Crippen molar-refractivity contribution in [1.29, 1.82) is 0 Å². The maximum Gasteiger partial charge on any atom is 0.194 e. The van der Waals surface area contributed by atoms with E-state index < -0.39 is 0 Å². The van der Waals surface area contributed by atoms with E-state index in [2.05, 4.69) is 76.7 Å². The highest BCUT2D eigenvalue weighted by atomic mass is 14.9. The molecule has 0 amide bonds. The fourth-order valence-corrected chi connectivity index (χ4v) is 2.68. The smallest absolute Gasteiger partial charge is 0.194 e. The second-order valence-electron chi connectivity index (χ2n) is 6.53. The van der Waals surface area contributed by atoms with E-state index in [9.17, 15) is 0 Å². The van der Waals surface area contributed by atoms with E-state index in [1.807, 2.05) is 0 Å². The van der Waals surface area contributed by atoms with E-state index in [0.717, 1.165) is 0 Å². The monoisotopic (exact) mass is 242 g/mol. The number of aryl methyl sites for hydroxylation is 1. The molecule has 1 heterocycles. The molecule has 2 aromatic rings. The second-order valence-corrected chi connectivity index (χ2v) is 6.53. The van der Waals surface area contributed by atoms with Crippen LogP contribution in [0.4, 0.5) is 0 Å². The minimum atomic E-state index is 0.160. The summed E-state index contributed by atoms with van der Waals surface area (Å²) in [5.74, 6) is 0.585. The fraction of sp³-hybridized carbons (Fsp3) is 0.471. The maximum atomic E-state index is 2.33. The Labute approximate surface area is 110 Å². The summed E-state index contributed by atoms with van der Waals surface area (Å²) in [7, 11) is 2.14. The van der Waals surface area contributed by atoms with Crippen molar-refractivity contribution >= 4 is 10.8 Å². The van der Waals surface area contributed by atoms with Crippen LogP contribution in [0.2, 0.25) is 0 Å². The molecule has 1 heteroatoms. The van der Waals surface area contributed by atoms with Gasteiger partial charge < -0.3 is 0 Å². The van der Waals surface area contributed by atoms with Crippen LogP contribution < -0.4 is 4.57 Å². The van der Waals surface area contributed by atoms with E-state index >= 15 is 0 Å². The lowest BCUT2D eigenvalue weighted by Gasteiger charge is -2.18. The zero-order valence-corrected chi connectivity index (χ0v) is 12.4. The summed E-state index contributed by atoms with van der Waals surface area (Å²) < 4.78 is 2.25. The Morgan fingerprint density at radius 2 is 1.72 bits per heavy atom. The predicted molar refractivity (Wildman–Crippen MR) is 77.9 cm³/mol. The lowest BCUT2D eigenvalue weighted by Crippen LogP contribution is -2.39. The third-order valence-corrected chi connectivity index (χ3v) is 3.54. The first-order chi connectivity index (χ1) is 8.30. The number of rotatable bonds is 1. The van der Waals surface area contributed by atoms with Crippen LogP contribution in [0.15, 0.2) is 30.5 Å². The summed E-state index contributed by atoms with van der Waals surface area (Å²) in [5, 5.41) is 2.72. The van der Waals surface area contributed by atoms with Gasteiger partial charge in [0, 0.05) is 16.9 Å². The lowest BCUT2D eigenvalue weighted by molar-refractivity contribution is -0.680. The molecule has 0 aliphatic rings. The van der Waals surface area contributed by atoms with Crippen molar-refractivity contribution in [2.75, 3.05) is 0 Å². The molecule has 0 fully saturated rings. The van der Waals surface area contributed by atoms with Gasteiger partial charge in [-0.2, -0.15) is 0 Å². The molecule has 0 radical (unpaired) electrons. The van der Waals surface area contributed by atoms with Gasteiger partial charge in [-0.3, -0.25) is 0 Å². The molecular formula is C17H24N+. The van der Waals surface area contributed by atoms with Gasteiger partial charge in [0.05, 0.1) is 0 Å². The number of aromatic nitrogens is 1. The molecule has 0 bridgehead atoms. The first-order valence-corrected chi connectivity index (χ1v) is 6.73. The number of benzene rings is 1. The third kappa shape index (κ3) is 2.27. The number of pyridine rings is 1. The van der Waals surface area contributed by atoms with Crippen molar-refractivity contribution in [2.24, 2.45) is 7.05 Å². The number of hydrogen-bond donors (Lipinski definition) is 0. The van der Waals surface area contributed by atoms with Gasteiger partial charge in [0.1, 0.15) is 7.05 Å². The van der Waals surface area contributed by atoms with Crippen molar-refractivity contribution in [3.05, 3.63) is 41.7 Å². The van der Waals surface area contributed by atoms with E-state index in [1.54, 1.807) is 0 Å². The van der Waals surface area contributed by atoms with Crippen molar-refractivity contribution in [2.45, 2.75) is 46.0 Å². The van der Waals surface area contributed by atoms with E-state index in [4.69, 9.17) is 0 Å². The first kappa shape index (κ1) is 13.1. The van der Waals surface area contributed by atoms with Crippen molar-refractivity contribution < 1.29 is 4.57 Å². The Bertz CT molecular complexity index is 574. The minimum absolute atomic E-state index is 0.160. The summed E-state index contributed by atoms with van der Waals surface area (Å²) in [6, 6.07) is 9.10. The van der Waals surface area contributed by atoms with Crippen LogP contribution in [0.3, 0.4) is 0 Å². The Kier molecular flexibility index (Phi) is 3.18. The molecule has 0 unspecified atom stereocenters. The molecule has 1 aromatic heterocycles. The average Bonchev–Trinajstić information content (AvgIpc) is 2.26. The molecular weight excluding hydrogens is 218 g/mol. The van der Waals surface area contributed by atoms with E-state index in [-0.39, 0.29) is 5.41 Å². The fourth-order valence-electron chi connectivity index (χ4n) is 2.68. The maximum absolute atomic E-state index is 2.33. The Hall–Kier alpha value is -1.37. The van der Waals surface area contributed by atoms with Gasteiger partial charge in [-0.25, -0.2) is 4.57 Å². The Morgan fingerprint density at radius 1 is 1.06 bits per heavy atom. The number of hydrogen-bond acceptors (Lipinski definition) is 0. The predicted octanol–water partition coefficient (Wildman–Crippen LogP) is 4.09. The Morgan fingerprint density at radius 3 is 2.28 bits per heavy atom. The Balaban J connectivity index is 2.75. The molecule has 2 rings (SSSR count). The summed E-state index contributed by atoms with van der Waals surface area (Å²) in [6.45, 7) is 11.3. The van der Waals surface area contributed by atoms with Gasteiger partial charge >= 0.3 is 0 Å². The van der Waals surface area contributed by atoms with E-state index in [1.165, 1.54) is 22.0 Å². The summed E-state index contributed by atoms with van der Waals surface area (Å²) >= 11 is 0. The molecule has 1 aromatic carbocycles. The highest BCUT2D eigenvalue weighted by Gasteiger charge is 2.26. The van der Waals surface area contributed by atoms with Gasteiger partial charge in [0.25, 0.3) is 0 Å². The van der Waals surface area contributed by atoms with Crippen LogP contribution >= 0.6 is 0 Å². The van der Waals surface area contributed by atoms with E-state index in [0.29, 0.717) is 5.92 Å². The van der Waals surface area contributed by atoms with Gasteiger partial charge in [-0.15, -0.1) is 0 Å². The van der Waals surface area contributed by atoms with Crippen LogP contribution in [0.5, 0.6) is 0 Å². The van der Waals surface area contributed by atoms with Crippen LogP contribution in [0.25, 0.3) is 10.8 Å². The molecule has 0 saturated heterocycles. The number of fused-ring (bicyclic) bond motifs is 1. The molecule has 0 atom stereocenters. The third-order valence-electron chi connectivity index (χ3n) is 3.54. The zero-order valence-electron chi connectivity index (χ0n) is 12.4. The molecule has 18 heavy (non-hydrogen) atoms. The molecule has 96 valence electrons. The molecule has 0 saturated carbocycles. The highest BCUT2D eigenvalue weighted by Crippen LogP contribution is 2.28. The summed E-state index contributed by atoms with van der Waals surface area (Å²) in [5.41, 5.74) is 2.97. The standard InChI is InChI=1S/C17H24N/c1-12(2)13-7-8-15-14(11-13)9-10-18(6)16(15)17(3,4)5/h7-12H,1-6H3/q+1. The SMILES string of the molecule is CC(C)c1ccc2c(C(C)(C)C)[n+](C)ccc2c1. The zero-order chi connectivity index (χ0) is 13.5. The van der Waals surface area contributed by atoms with Crippen LogP contribution in [0, 0.1) is 0 Å². The first-order valence-electron chi connectivity index (χ1n) is 6.73. The molecule has 0 N–H and O–H groups in total. The lowest BCUT2D eigenvalue weighted by atomic mass is 9.87. The average molecular weight is 242 g/mol. The van der Waals surface area contributed by atoms with Gasteiger partial charge in [0.15, 0.2) is 11.9 Å². The molecule has 0 aliphatic carbocycles. The quantitative estimate of drug-likeness (QED) is 0.663. The van der Waals surface area contributed by atoms with Crippen LogP contribution in [-0.2, 0) is 12.5 Å². The minimum Gasteiger partial charge on any atom is -0.204 e. The van der Waals surface area contributed by atoms with Crippen LogP contribution in [0.1, 0.15) is 51.8 Å². The van der Waals surface area contributed by atoms with Crippen molar-refractivity contribution in [3.8, 4) is 0 Å².